The number of halogens is 3. The molecule has 0 saturated heterocycles. The zero-order chi connectivity index (χ0) is 10.8. The first kappa shape index (κ1) is 12.7. The molecule has 0 atom stereocenters. The monoisotopic (exact) mass is 387 g/mol. The molecule has 2 nitrogen and oxygen atoms in total. The van der Waals surface area contributed by atoms with Gasteiger partial charge in [-0.1, -0.05) is 0 Å². The Morgan fingerprint density at radius 1 is 1.00 bits per heavy atom. The number of hydrogen-bond donors (Lipinski definition) is 0. The molecule has 0 N–H and O–H groups in total. The van der Waals surface area contributed by atoms with Gasteiger partial charge in [-0.05, 0) is 67.1 Å². The average Bonchev–Trinajstić information content (AvgIpc) is 2.15. The summed E-state index contributed by atoms with van der Waals surface area (Å²) in [4.78, 5) is 23.2. The fraction of sp³-hybridized carbons (Fsp3) is 0.667. The molecule has 0 unspecified atom stereocenters. The van der Waals surface area contributed by atoms with Crippen molar-refractivity contribution in [3.05, 3.63) is 5.92 Å². The molecule has 1 aliphatic carbocycles. The summed E-state index contributed by atoms with van der Waals surface area (Å²) >= 11 is 9.18. The SMILES string of the molecule is O=C(C(=O)C(Br)(Br)Br)[C+]1CCCCC1. The van der Waals surface area contributed by atoms with Gasteiger partial charge in [0.05, 0.1) is 0 Å². The van der Waals surface area contributed by atoms with E-state index in [1.54, 1.807) is 0 Å². The third-order valence-electron chi connectivity index (χ3n) is 2.24. The highest BCUT2D eigenvalue weighted by molar-refractivity contribution is 9.40. The molecule has 78 valence electrons. The zero-order valence-corrected chi connectivity index (χ0v) is 12.2. The standard InChI is InChI=1S/C9H10Br3O2/c10-9(11,12)8(14)7(13)6-4-2-1-3-5-6/h1-5H2/q+1. The van der Waals surface area contributed by atoms with Crippen LogP contribution >= 0.6 is 47.8 Å². The van der Waals surface area contributed by atoms with Gasteiger partial charge in [0.25, 0.3) is 2.14 Å². The predicted molar refractivity (Wildman–Crippen MR) is 65.9 cm³/mol. The van der Waals surface area contributed by atoms with Crippen molar-refractivity contribution >= 4 is 59.4 Å². The molecule has 1 aliphatic rings. The van der Waals surface area contributed by atoms with E-state index >= 15 is 0 Å². The second kappa shape index (κ2) is 5.12. The lowest BCUT2D eigenvalue weighted by Gasteiger charge is -2.13. The van der Waals surface area contributed by atoms with E-state index in [1.807, 2.05) is 0 Å². The predicted octanol–water partition coefficient (Wildman–Crippen LogP) is 3.50. The lowest BCUT2D eigenvalue weighted by atomic mass is 9.85. The maximum atomic E-state index is 11.7. The van der Waals surface area contributed by atoms with Crippen LogP contribution in [0.15, 0.2) is 0 Å². The summed E-state index contributed by atoms with van der Waals surface area (Å²) in [6.07, 6.45) is 4.75. The normalized spacial score (nSPS) is 18.1. The summed E-state index contributed by atoms with van der Waals surface area (Å²) in [5, 5.41) is 0. The molecule has 14 heavy (non-hydrogen) atoms. The zero-order valence-electron chi connectivity index (χ0n) is 7.49. The van der Waals surface area contributed by atoms with Crippen LogP contribution in [0.5, 0.6) is 0 Å². The molecular formula is C9H10Br3O2+. The largest absolute Gasteiger partial charge is 0.379 e. The Kier molecular flexibility index (Phi) is 4.65. The van der Waals surface area contributed by atoms with Crippen molar-refractivity contribution in [2.24, 2.45) is 0 Å². The van der Waals surface area contributed by atoms with Gasteiger partial charge in [-0.25, -0.2) is 4.79 Å². The van der Waals surface area contributed by atoms with Crippen LogP contribution in [0.2, 0.25) is 0 Å². The van der Waals surface area contributed by atoms with Crippen molar-refractivity contribution in [2.45, 2.75) is 34.2 Å². The minimum atomic E-state index is -1.09. The van der Waals surface area contributed by atoms with Crippen LogP contribution in [0, 0.1) is 5.92 Å². The first-order valence-electron chi connectivity index (χ1n) is 4.43. The Balaban J connectivity index is 2.60. The van der Waals surface area contributed by atoms with E-state index in [1.165, 1.54) is 0 Å². The van der Waals surface area contributed by atoms with Gasteiger partial charge in [-0.15, -0.1) is 0 Å². The number of rotatable bonds is 2. The van der Waals surface area contributed by atoms with Gasteiger partial charge >= 0.3 is 11.6 Å². The molecule has 0 amide bonds. The fourth-order valence-corrected chi connectivity index (χ4v) is 2.04. The molecule has 1 rings (SSSR count). The highest BCUT2D eigenvalue weighted by atomic mass is 80.0. The number of ketones is 2. The van der Waals surface area contributed by atoms with E-state index in [0.717, 1.165) is 38.0 Å². The van der Waals surface area contributed by atoms with Crippen molar-refractivity contribution in [3.8, 4) is 0 Å². The minimum absolute atomic E-state index is 0.352. The lowest BCUT2D eigenvalue weighted by Crippen LogP contribution is -2.32. The number of carbonyl (C=O) groups is 2. The van der Waals surface area contributed by atoms with E-state index < -0.39 is 7.93 Å². The molecule has 0 radical (unpaired) electrons. The van der Waals surface area contributed by atoms with Crippen molar-refractivity contribution < 1.29 is 9.59 Å². The van der Waals surface area contributed by atoms with E-state index in [-0.39, 0.29) is 5.78 Å². The quantitative estimate of drug-likeness (QED) is 0.411. The van der Waals surface area contributed by atoms with Gasteiger partial charge in [0.15, 0.2) is 0 Å². The Labute approximate surface area is 109 Å². The van der Waals surface area contributed by atoms with E-state index in [0.29, 0.717) is 0 Å². The molecule has 0 aromatic heterocycles. The van der Waals surface area contributed by atoms with Crippen molar-refractivity contribution in [3.63, 3.8) is 0 Å². The molecule has 5 heteroatoms. The second-order valence-corrected chi connectivity index (χ2v) is 10.1. The van der Waals surface area contributed by atoms with Crippen LogP contribution in [-0.2, 0) is 9.59 Å². The van der Waals surface area contributed by atoms with Gasteiger partial charge in [0.2, 0.25) is 0 Å². The van der Waals surface area contributed by atoms with Crippen LogP contribution in [0.4, 0.5) is 0 Å². The Hall–Kier alpha value is 0.650. The summed E-state index contributed by atoms with van der Waals surface area (Å²) in [7, 11) is 0. The summed E-state index contributed by atoms with van der Waals surface area (Å²) in [6, 6.07) is 0. The molecule has 1 saturated carbocycles. The van der Waals surface area contributed by atoms with Crippen LogP contribution in [-0.4, -0.2) is 13.7 Å². The highest BCUT2D eigenvalue weighted by Gasteiger charge is 2.47. The maximum Gasteiger partial charge on any atom is 0.379 e. The van der Waals surface area contributed by atoms with Crippen LogP contribution < -0.4 is 0 Å². The number of Topliss-reactive ketones (excluding diaryl/α,β-unsaturated/α-hetero) is 2. The Morgan fingerprint density at radius 3 is 1.93 bits per heavy atom. The smallest absolute Gasteiger partial charge is 0.236 e. The molecule has 0 aliphatic heterocycles. The molecule has 0 bridgehead atoms. The molecule has 1 fully saturated rings. The first-order valence-corrected chi connectivity index (χ1v) is 6.81. The van der Waals surface area contributed by atoms with Crippen LogP contribution in [0.25, 0.3) is 0 Å². The summed E-state index contributed by atoms with van der Waals surface area (Å²) in [6.45, 7) is 0. The Morgan fingerprint density at radius 2 is 1.50 bits per heavy atom. The minimum Gasteiger partial charge on any atom is -0.236 e. The number of alkyl halides is 3. The van der Waals surface area contributed by atoms with Crippen molar-refractivity contribution in [2.75, 3.05) is 0 Å². The second-order valence-electron chi connectivity index (χ2n) is 3.32. The van der Waals surface area contributed by atoms with E-state index in [4.69, 9.17) is 0 Å². The third-order valence-corrected chi connectivity index (χ3v) is 3.32. The van der Waals surface area contributed by atoms with Crippen molar-refractivity contribution in [1.29, 1.82) is 0 Å². The summed E-state index contributed by atoms with van der Waals surface area (Å²) in [5.41, 5.74) is 0. The van der Waals surface area contributed by atoms with E-state index in [9.17, 15) is 9.59 Å². The average molecular weight is 390 g/mol. The Bertz CT molecular complexity index is 239. The van der Waals surface area contributed by atoms with Gasteiger partial charge in [-0.2, -0.15) is 4.79 Å². The fourth-order valence-electron chi connectivity index (χ4n) is 1.49. The number of carbonyl (C=O) groups excluding carboxylic acids is 2. The lowest BCUT2D eigenvalue weighted by molar-refractivity contribution is -0.134. The molecular weight excluding hydrogens is 380 g/mol. The van der Waals surface area contributed by atoms with E-state index in [2.05, 4.69) is 47.8 Å². The summed E-state index contributed by atoms with van der Waals surface area (Å²) in [5.74, 6) is -0.0614. The molecule has 0 aromatic carbocycles. The van der Waals surface area contributed by atoms with Gasteiger partial charge in [0.1, 0.15) is 5.92 Å². The summed E-state index contributed by atoms with van der Waals surface area (Å²) < 4.78 is -1.09. The van der Waals surface area contributed by atoms with Crippen LogP contribution in [0.3, 0.4) is 0 Å². The van der Waals surface area contributed by atoms with Crippen LogP contribution in [0.1, 0.15) is 32.1 Å². The first-order chi connectivity index (χ1) is 6.43. The van der Waals surface area contributed by atoms with Crippen molar-refractivity contribution in [1.82, 2.24) is 0 Å². The topological polar surface area (TPSA) is 34.1 Å². The number of hydrogen-bond acceptors (Lipinski definition) is 2. The van der Waals surface area contributed by atoms with Gasteiger partial charge in [0, 0.05) is 12.8 Å². The molecule has 0 aromatic rings. The molecule has 0 spiro atoms. The maximum absolute atomic E-state index is 11.7. The van der Waals surface area contributed by atoms with Gasteiger partial charge < -0.3 is 0 Å². The third kappa shape index (κ3) is 3.35. The van der Waals surface area contributed by atoms with Gasteiger partial charge in [-0.3, -0.25) is 0 Å². The molecule has 0 heterocycles. The highest BCUT2D eigenvalue weighted by Crippen LogP contribution is 2.37.